The normalized spacial score (nSPS) is 10.4. The highest BCUT2D eigenvalue weighted by molar-refractivity contribution is 5.68. The summed E-state index contributed by atoms with van der Waals surface area (Å²) in [4.78, 5) is 22.8. The summed E-state index contributed by atoms with van der Waals surface area (Å²) in [5, 5.41) is 17.7. The summed E-state index contributed by atoms with van der Waals surface area (Å²) in [5.41, 5.74) is 0.825. The van der Waals surface area contributed by atoms with E-state index in [9.17, 15) is 10.1 Å². The van der Waals surface area contributed by atoms with Crippen molar-refractivity contribution < 1.29 is 4.92 Å². The molecule has 0 fully saturated rings. The molecule has 2 aromatic heterocycles. The summed E-state index contributed by atoms with van der Waals surface area (Å²) in [7, 11) is 0. The molecule has 3 rings (SSSR count). The summed E-state index contributed by atoms with van der Waals surface area (Å²) in [5.74, 6) is 0.657. The van der Waals surface area contributed by atoms with Crippen LogP contribution < -0.4 is 0 Å². The van der Waals surface area contributed by atoms with Crippen molar-refractivity contribution in [2.45, 2.75) is 0 Å². The van der Waals surface area contributed by atoms with Crippen LogP contribution in [-0.2, 0) is 0 Å². The largest absolute Gasteiger partial charge is 0.280 e. The molecule has 0 radical (unpaired) electrons. The molecule has 0 unspecified atom stereocenters. The van der Waals surface area contributed by atoms with Crippen molar-refractivity contribution in [2.75, 3.05) is 0 Å². The number of H-pyrrole nitrogens is 1. The van der Waals surface area contributed by atoms with Gasteiger partial charge in [0, 0.05) is 18.5 Å². The minimum atomic E-state index is -0.465. The van der Waals surface area contributed by atoms with E-state index >= 15 is 0 Å². The van der Waals surface area contributed by atoms with Crippen LogP contribution in [0.4, 0.5) is 5.69 Å². The van der Waals surface area contributed by atoms with Gasteiger partial charge in [0.1, 0.15) is 5.69 Å². The minimum Gasteiger partial charge on any atom is -0.261 e. The van der Waals surface area contributed by atoms with E-state index in [0.29, 0.717) is 17.1 Å². The number of nitrogens with one attached hydrogen (secondary N) is 1. The molecule has 0 bridgehead atoms. The quantitative estimate of drug-likeness (QED) is 0.573. The number of nitrogens with zero attached hydrogens (tertiary/aromatic N) is 5. The zero-order valence-corrected chi connectivity index (χ0v) is 10.1. The van der Waals surface area contributed by atoms with Gasteiger partial charge in [-0.25, -0.2) is 9.97 Å². The van der Waals surface area contributed by atoms with Gasteiger partial charge in [0.15, 0.2) is 11.6 Å². The van der Waals surface area contributed by atoms with Crippen LogP contribution in [0.1, 0.15) is 0 Å². The van der Waals surface area contributed by atoms with Crippen LogP contribution in [0.15, 0.2) is 42.9 Å². The number of rotatable bonds is 3. The van der Waals surface area contributed by atoms with Crippen molar-refractivity contribution in [3.63, 3.8) is 0 Å². The Bertz CT molecular complexity index is 755. The molecule has 8 nitrogen and oxygen atoms in total. The Kier molecular flexibility index (Phi) is 2.88. The van der Waals surface area contributed by atoms with Crippen LogP contribution in [0.25, 0.3) is 22.9 Å². The lowest BCUT2D eigenvalue weighted by atomic mass is 10.2. The number of hydrogen-bond donors (Lipinski definition) is 1. The van der Waals surface area contributed by atoms with Crippen LogP contribution in [0.3, 0.4) is 0 Å². The van der Waals surface area contributed by atoms with Gasteiger partial charge >= 0.3 is 0 Å². The summed E-state index contributed by atoms with van der Waals surface area (Å²) in [6.07, 6.45) is 4.61. The third-order valence-electron chi connectivity index (χ3n) is 2.63. The average Bonchev–Trinajstić information content (AvgIpc) is 2.98. The second-order valence-electron chi connectivity index (χ2n) is 3.87. The Morgan fingerprint density at radius 3 is 2.80 bits per heavy atom. The second-order valence-corrected chi connectivity index (χ2v) is 3.87. The number of nitro groups is 1. The van der Waals surface area contributed by atoms with E-state index in [0.717, 1.165) is 0 Å². The molecule has 0 saturated heterocycles. The van der Waals surface area contributed by atoms with Gasteiger partial charge in [-0.05, 0) is 6.07 Å². The third-order valence-corrected chi connectivity index (χ3v) is 2.63. The number of nitro benzene ring substituents is 1. The highest BCUT2D eigenvalue weighted by Gasteiger charge is 2.18. The Hall–Kier alpha value is -3.16. The molecule has 0 spiro atoms. The van der Waals surface area contributed by atoms with Gasteiger partial charge in [-0.3, -0.25) is 20.2 Å². The van der Waals surface area contributed by atoms with Gasteiger partial charge in [0.05, 0.1) is 16.7 Å². The molecule has 1 aromatic carbocycles. The van der Waals surface area contributed by atoms with Crippen LogP contribution in [-0.4, -0.2) is 30.1 Å². The maximum absolute atomic E-state index is 11.0. The zero-order valence-electron chi connectivity index (χ0n) is 10.1. The predicted molar refractivity (Wildman–Crippen MR) is 69.5 cm³/mol. The molecule has 0 aliphatic rings. The number of aromatic nitrogens is 5. The van der Waals surface area contributed by atoms with Gasteiger partial charge in [0.25, 0.3) is 5.69 Å². The van der Waals surface area contributed by atoms with E-state index < -0.39 is 4.92 Å². The highest BCUT2D eigenvalue weighted by Crippen LogP contribution is 2.27. The van der Waals surface area contributed by atoms with Gasteiger partial charge < -0.3 is 0 Å². The van der Waals surface area contributed by atoms with Crippen LogP contribution >= 0.6 is 0 Å². The van der Waals surface area contributed by atoms with E-state index in [1.54, 1.807) is 24.4 Å². The molecule has 0 atom stereocenters. The molecule has 2 heterocycles. The fourth-order valence-electron chi connectivity index (χ4n) is 1.74. The Balaban J connectivity index is 2.05. The van der Waals surface area contributed by atoms with Crippen molar-refractivity contribution in [3.8, 4) is 22.9 Å². The van der Waals surface area contributed by atoms with E-state index in [2.05, 4.69) is 25.1 Å². The van der Waals surface area contributed by atoms with E-state index in [1.807, 2.05) is 0 Å². The second kappa shape index (κ2) is 4.84. The Morgan fingerprint density at radius 1 is 1.20 bits per heavy atom. The van der Waals surface area contributed by atoms with Crippen LogP contribution in [0.5, 0.6) is 0 Å². The van der Waals surface area contributed by atoms with Crippen molar-refractivity contribution in [1.82, 2.24) is 25.1 Å². The van der Waals surface area contributed by atoms with E-state index in [4.69, 9.17) is 0 Å². The molecular weight excluding hydrogens is 260 g/mol. The first-order chi connectivity index (χ1) is 9.75. The third kappa shape index (κ3) is 2.09. The van der Waals surface area contributed by atoms with Gasteiger partial charge in [-0.15, -0.1) is 0 Å². The summed E-state index contributed by atoms with van der Waals surface area (Å²) in [6, 6.07) is 6.30. The first-order valence-electron chi connectivity index (χ1n) is 5.68. The van der Waals surface area contributed by atoms with Crippen LogP contribution in [0.2, 0.25) is 0 Å². The standard InChI is InChI=1S/C12H8N6O2/c19-18(20)10-4-2-1-3-8(10)11-15-12(17-16-11)9-7-13-5-6-14-9/h1-7H,(H,15,16,17). The molecule has 0 amide bonds. The molecule has 3 aromatic rings. The first kappa shape index (κ1) is 11.9. The lowest BCUT2D eigenvalue weighted by Gasteiger charge is -1.97. The van der Waals surface area contributed by atoms with Gasteiger partial charge in [0.2, 0.25) is 0 Å². The lowest BCUT2D eigenvalue weighted by Crippen LogP contribution is -1.92. The summed E-state index contributed by atoms with van der Waals surface area (Å²) >= 11 is 0. The molecule has 1 N–H and O–H groups in total. The number of hydrogen-bond acceptors (Lipinski definition) is 6. The topological polar surface area (TPSA) is 110 Å². The fraction of sp³-hybridized carbons (Fsp3) is 0. The Morgan fingerprint density at radius 2 is 2.05 bits per heavy atom. The van der Waals surface area contributed by atoms with Crippen molar-refractivity contribution in [1.29, 1.82) is 0 Å². The van der Waals surface area contributed by atoms with E-state index in [-0.39, 0.29) is 11.5 Å². The average molecular weight is 268 g/mol. The van der Waals surface area contributed by atoms with Crippen molar-refractivity contribution in [3.05, 3.63) is 53.0 Å². The van der Waals surface area contributed by atoms with Gasteiger partial charge in [-0.2, -0.15) is 5.10 Å². The SMILES string of the molecule is O=[N+]([O-])c1ccccc1-c1n[nH]c(-c2cnccn2)n1. The first-order valence-corrected chi connectivity index (χ1v) is 5.68. The molecular formula is C12H8N6O2. The van der Waals surface area contributed by atoms with Crippen molar-refractivity contribution in [2.24, 2.45) is 0 Å². The van der Waals surface area contributed by atoms with Gasteiger partial charge in [-0.1, -0.05) is 12.1 Å². The predicted octanol–water partition coefficient (Wildman–Crippen LogP) is 1.84. The number of benzene rings is 1. The summed E-state index contributed by atoms with van der Waals surface area (Å²) in [6.45, 7) is 0. The maximum Gasteiger partial charge on any atom is 0.280 e. The molecule has 0 aliphatic carbocycles. The van der Waals surface area contributed by atoms with E-state index in [1.165, 1.54) is 18.5 Å². The smallest absolute Gasteiger partial charge is 0.261 e. The summed E-state index contributed by atoms with van der Waals surface area (Å²) < 4.78 is 0. The molecule has 0 saturated carbocycles. The van der Waals surface area contributed by atoms with Crippen molar-refractivity contribution >= 4 is 5.69 Å². The highest BCUT2D eigenvalue weighted by atomic mass is 16.6. The monoisotopic (exact) mass is 268 g/mol. The number of aromatic amines is 1. The lowest BCUT2D eigenvalue weighted by molar-refractivity contribution is -0.384. The fourth-order valence-corrected chi connectivity index (χ4v) is 1.74. The maximum atomic E-state index is 11.0. The molecule has 8 heteroatoms. The van der Waals surface area contributed by atoms with Crippen LogP contribution in [0, 0.1) is 10.1 Å². The molecule has 98 valence electrons. The zero-order chi connectivity index (χ0) is 13.9. The molecule has 20 heavy (non-hydrogen) atoms. The molecule has 0 aliphatic heterocycles. The Labute approximate surface area is 112 Å². The number of para-hydroxylation sites is 1. The minimum absolute atomic E-state index is 0.0443.